The minimum absolute atomic E-state index is 0.0382. The third kappa shape index (κ3) is 1.34. The molecule has 1 aromatic heterocycles. The number of aromatic nitrogens is 1. The van der Waals surface area contributed by atoms with Gasteiger partial charge in [0.2, 0.25) is 5.91 Å². The number of primary amides is 1. The summed E-state index contributed by atoms with van der Waals surface area (Å²) in [7, 11) is -4.02. The summed E-state index contributed by atoms with van der Waals surface area (Å²) in [5, 5.41) is -0.332. The minimum Gasteiger partial charge on any atom is -0.368 e. The fraction of sp³-hybridized carbons (Fsp3) is 0.125. The van der Waals surface area contributed by atoms with Crippen LogP contribution in [0.4, 0.5) is 0 Å². The molecule has 0 saturated heterocycles. The van der Waals surface area contributed by atoms with Gasteiger partial charge in [-0.3, -0.25) is 9.59 Å². The van der Waals surface area contributed by atoms with Crippen LogP contribution in [0.15, 0.2) is 23.4 Å². The lowest BCUT2D eigenvalue weighted by molar-refractivity contribution is -0.117. The summed E-state index contributed by atoms with van der Waals surface area (Å²) in [5.41, 5.74) is 4.83. The third-order valence-corrected chi connectivity index (χ3v) is 3.75. The Bertz CT molecular complexity index is 581. The van der Waals surface area contributed by atoms with Crippen LogP contribution in [-0.4, -0.2) is 36.1 Å². The quantitative estimate of drug-likeness (QED) is 0.692. The molecule has 16 heavy (non-hydrogen) atoms. The Kier molecular flexibility index (Phi) is 2.16. The summed E-state index contributed by atoms with van der Waals surface area (Å²) in [6.45, 7) is -0.669. The van der Waals surface area contributed by atoms with E-state index in [1.165, 1.54) is 18.3 Å². The molecule has 0 unspecified atom stereocenters. The van der Waals surface area contributed by atoms with Gasteiger partial charge >= 0.3 is 0 Å². The smallest absolute Gasteiger partial charge is 0.285 e. The van der Waals surface area contributed by atoms with Crippen molar-refractivity contribution >= 4 is 21.8 Å². The van der Waals surface area contributed by atoms with Gasteiger partial charge in [0.25, 0.3) is 15.9 Å². The highest BCUT2D eigenvalue weighted by atomic mass is 32.2. The number of amides is 2. The van der Waals surface area contributed by atoms with E-state index in [0.717, 1.165) is 0 Å². The van der Waals surface area contributed by atoms with E-state index >= 15 is 0 Å². The first-order chi connectivity index (χ1) is 7.44. The number of hydrogen-bond donors (Lipinski definition) is 1. The first kappa shape index (κ1) is 10.6. The highest BCUT2D eigenvalue weighted by molar-refractivity contribution is 7.90. The Morgan fingerprint density at radius 1 is 1.50 bits per heavy atom. The zero-order valence-corrected chi connectivity index (χ0v) is 8.77. The topological polar surface area (TPSA) is 110 Å². The molecule has 0 fully saturated rings. The molecule has 2 heterocycles. The maximum absolute atomic E-state index is 11.8. The molecule has 0 radical (unpaired) electrons. The van der Waals surface area contributed by atoms with Crippen LogP contribution in [0.3, 0.4) is 0 Å². The standard InChI is InChI=1S/C8H7N3O4S/c9-6(12)4-11-8(13)5-2-1-3-10-7(5)16(11,14)15/h1-3H,4H2,(H2,9,12). The van der Waals surface area contributed by atoms with Gasteiger partial charge in [-0.2, -0.15) is 8.42 Å². The molecule has 1 aliphatic rings. The van der Waals surface area contributed by atoms with E-state index in [0.29, 0.717) is 4.31 Å². The lowest BCUT2D eigenvalue weighted by atomic mass is 10.3. The number of hydrogen-bond acceptors (Lipinski definition) is 5. The van der Waals surface area contributed by atoms with E-state index in [-0.39, 0.29) is 10.6 Å². The monoisotopic (exact) mass is 241 g/mol. The van der Waals surface area contributed by atoms with Gasteiger partial charge in [0.1, 0.15) is 6.54 Å². The van der Waals surface area contributed by atoms with E-state index in [4.69, 9.17) is 5.73 Å². The molecule has 0 spiro atoms. The van der Waals surface area contributed by atoms with Gasteiger partial charge in [0.15, 0.2) is 5.03 Å². The predicted octanol–water partition coefficient (Wildman–Crippen LogP) is -1.29. The Morgan fingerprint density at radius 3 is 2.75 bits per heavy atom. The molecule has 2 rings (SSSR count). The van der Waals surface area contributed by atoms with Gasteiger partial charge in [0, 0.05) is 6.20 Å². The van der Waals surface area contributed by atoms with Crippen LogP contribution in [0.2, 0.25) is 0 Å². The van der Waals surface area contributed by atoms with E-state index < -0.39 is 28.4 Å². The van der Waals surface area contributed by atoms with Gasteiger partial charge in [0.05, 0.1) is 5.56 Å². The fourth-order valence-corrected chi connectivity index (χ4v) is 2.86. The predicted molar refractivity (Wildman–Crippen MR) is 51.7 cm³/mol. The van der Waals surface area contributed by atoms with E-state index in [1.807, 2.05) is 0 Å². The van der Waals surface area contributed by atoms with Gasteiger partial charge in [-0.1, -0.05) is 0 Å². The number of carbonyl (C=O) groups is 2. The molecule has 0 aliphatic carbocycles. The maximum atomic E-state index is 11.8. The van der Waals surface area contributed by atoms with E-state index in [9.17, 15) is 18.0 Å². The molecule has 0 aromatic carbocycles. The Balaban J connectivity index is 2.58. The average molecular weight is 241 g/mol. The minimum atomic E-state index is -4.02. The van der Waals surface area contributed by atoms with Gasteiger partial charge in [-0.05, 0) is 12.1 Å². The largest absolute Gasteiger partial charge is 0.368 e. The second-order valence-corrected chi connectivity index (χ2v) is 4.92. The maximum Gasteiger partial charge on any atom is 0.285 e. The number of fused-ring (bicyclic) bond motifs is 1. The van der Waals surface area contributed by atoms with Crippen molar-refractivity contribution < 1.29 is 18.0 Å². The first-order valence-electron chi connectivity index (χ1n) is 4.25. The molecule has 0 saturated carbocycles. The lowest BCUT2D eigenvalue weighted by Gasteiger charge is -2.11. The van der Waals surface area contributed by atoms with Crippen LogP contribution < -0.4 is 5.73 Å². The van der Waals surface area contributed by atoms with Crippen molar-refractivity contribution in [2.24, 2.45) is 5.73 Å². The average Bonchev–Trinajstić information content (AvgIpc) is 2.41. The van der Waals surface area contributed by atoms with Crippen molar-refractivity contribution in [2.45, 2.75) is 5.03 Å². The summed E-state index contributed by atoms with van der Waals surface area (Å²) in [4.78, 5) is 25.9. The Hall–Kier alpha value is -1.96. The summed E-state index contributed by atoms with van der Waals surface area (Å²) in [6.07, 6.45) is 1.26. The van der Waals surface area contributed by atoms with Crippen LogP contribution in [0, 0.1) is 0 Å². The molecule has 0 atom stereocenters. The number of sulfonamides is 1. The summed E-state index contributed by atoms with van der Waals surface area (Å²) in [6, 6.07) is 2.78. The SMILES string of the molecule is NC(=O)CN1C(=O)c2cccnc2S1(=O)=O. The lowest BCUT2D eigenvalue weighted by Crippen LogP contribution is -2.37. The zero-order chi connectivity index (χ0) is 11.9. The van der Waals surface area contributed by atoms with Gasteiger partial charge in [-0.15, -0.1) is 0 Å². The Morgan fingerprint density at radius 2 is 2.19 bits per heavy atom. The fourth-order valence-electron chi connectivity index (χ4n) is 1.41. The number of rotatable bonds is 2. The molecular weight excluding hydrogens is 234 g/mol. The highest BCUT2D eigenvalue weighted by Gasteiger charge is 2.42. The zero-order valence-electron chi connectivity index (χ0n) is 7.95. The van der Waals surface area contributed by atoms with Crippen molar-refractivity contribution in [3.05, 3.63) is 23.9 Å². The summed E-state index contributed by atoms with van der Waals surface area (Å²) >= 11 is 0. The van der Waals surface area contributed by atoms with Crippen LogP contribution in [0.1, 0.15) is 10.4 Å². The van der Waals surface area contributed by atoms with Gasteiger partial charge in [-0.25, -0.2) is 9.29 Å². The molecule has 7 nitrogen and oxygen atoms in total. The first-order valence-corrected chi connectivity index (χ1v) is 5.69. The molecule has 8 heteroatoms. The number of carbonyl (C=O) groups excluding carboxylic acids is 2. The molecular formula is C8H7N3O4S. The van der Waals surface area contributed by atoms with E-state index in [2.05, 4.69) is 4.98 Å². The van der Waals surface area contributed by atoms with Gasteiger partial charge < -0.3 is 5.73 Å². The molecule has 2 N–H and O–H groups in total. The molecule has 1 aromatic rings. The molecule has 1 aliphatic heterocycles. The van der Waals surface area contributed by atoms with Crippen LogP contribution in [0.25, 0.3) is 0 Å². The highest BCUT2D eigenvalue weighted by Crippen LogP contribution is 2.27. The normalized spacial score (nSPS) is 17.2. The second kappa shape index (κ2) is 3.27. The molecule has 84 valence electrons. The number of pyridine rings is 1. The summed E-state index contributed by atoms with van der Waals surface area (Å²) < 4.78 is 24.0. The van der Waals surface area contributed by atoms with Crippen molar-refractivity contribution in [1.29, 1.82) is 0 Å². The third-order valence-electron chi connectivity index (χ3n) is 2.06. The van der Waals surface area contributed by atoms with Crippen molar-refractivity contribution in [3.8, 4) is 0 Å². The van der Waals surface area contributed by atoms with Crippen LogP contribution in [-0.2, 0) is 14.8 Å². The second-order valence-electron chi connectivity index (χ2n) is 3.14. The van der Waals surface area contributed by atoms with Crippen molar-refractivity contribution in [1.82, 2.24) is 9.29 Å². The molecule has 0 bridgehead atoms. The number of nitrogens with zero attached hydrogens (tertiary/aromatic N) is 2. The summed E-state index contributed by atoms with van der Waals surface area (Å²) in [5.74, 6) is -1.67. The number of nitrogens with two attached hydrogens (primary N) is 1. The molecule has 2 amide bonds. The van der Waals surface area contributed by atoms with Crippen molar-refractivity contribution in [3.63, 3.8) is 0 Å². The van der Waals surface area contributed by atoms with Crippen LogP contribution >= 0.6 is 0 Å². The van der Waals surface area contributed by atoms with Crippen LogP contribution in [0.5, 0.6) is 0 Å². The Labute approximate surface area is 90.9 Å². The van der Waals surface area contributed by atoms with Crippen molar-refractivity contribution in [2.75, 3.05) is 6.54 Å². The van der Waals surface area contributed by atoms with E-state index in [1.54, 1.807) is 0 Å².